The second-order valence-electron chi connectivity index (χ2n) is 8.65. The van der Waals surface area contributed by atoms with Crippen LogP contribution < -0.4 is 10.2 Å². The fraction of sp³-hybridized carbons (Fsp3) is 0.462. The van der Waals surface area contributed by atoms with Crippen LogP contribution in [0.5, 0.6) is 0 Å². The molecule has 1 aliphatic rings. The van der Waals surface area contributed by atoms with Crippen molar-refractivity contribution in [3.63, 3.8) is 0 Å². The first-order valence-electron chi connectivity index (χ1n) is 11.8. The highest BCUT2D eigenvalue weighted by atomic mass is 32.1. The highest BCUT2D eigenvalue weighted by Crippen LogP contribution is 2.37. The average Bonchev–Trinajstić information content (AvgIpc) is 3.18. The van der Waals surface area contributed by atoms with Crippen LogP contribution in [-0.4, -0.2) is 41.9 Å². The number of aliphatic carboxylic acids is 1. The molecule has 4 rings (SSSR count). The number of ether oxygens (including phenoxy) is 1. The zero-order chi connectivity index (χ0) is 23.4. The molecule has 0 spiro atoms. The zero-order valence-corrected chi connectivity index (χ0v) is 20.5. The van der Waals surface area contributed by atoms with Crippen molar-refractivity contribution in [3.05, 3.63) is 47.0 Å². The van der Waals surface area contributed by atoms with E-state index in [1.807, 2.05) is 6.92 Å². The van der Waals surface area contributed by atoms with Gasteiger partial charge in [-0.25, -0.2) is 4.98 Å². The maximum absolute atomic E-state index is 11.4. The van der Waals surface area contributed by atoms with E-state index in [1.165, 1.54) is 0 Å². The molecule has 7 heteroatoms. The number of rotatable bonds is 9. The van der Waals surface area contributed by atoms with Crippen LogP contribution in [0.4, 0.5) is 17.1 Å². The molecule has 0 amide bonds. The number of hydrogen-bond acceptors (Lipinski definition) is 6. The van der Waals surface area contributed by atoms with E-state index in [2.05, 4.69) is 65.4 Å². The molecule has 2 N–H and O–H groups in total. The minimum Gasteiger partial charge on any atom is -0.481 e. The average molecular weight is 468 g/mol. The van der Waals surface area contributed by atoms with Gasteiger partial charge in [0.25, 0.3) is 0 Å². The van der Waals surface area contributed by atoms with Crippen molar-refractivity contribution >= 4 is 44.6 Å². The lowest BCUT2D eigenvalue weighted by Gasteiger charge is -2.37. The van der Waals surface area contributed by atoms with Gasteiger partial charge in [0, 0.05) is 31.5 Å². The summed E-state index contributed by atoms with van der Waals surface area (Å²) >= 11 is 1.69. The first-order chi connectivity index (χ1) is 16.0. The summed E-state index contributed by atoms with van der Waals surface area (Å²) in [5.41, 5.74) is 5.26. The first-order valence-corrected chi connectivity index (χ1v) is 12.6. The van der Waals surface area contributed by atoms with Gasteiger partial charge in [-0.2, -0.15) is 0 Å². The van der Waals surface area contributed by atoms with Crippen molar-refractivity contribution in [3.8, 4) is 0 Å². The Balaban J connectivity index is 1.73. The second kappa shape index (κ2) is 10.5. The van der Waals surface area contributed by atoms with Crippen molar-refractivity contribution < 1.29 is 14.6 Å². The Bertz CT molecular complexity index is 1110. The van der Waals surface area contributed by atoms with E-state index < -0.39 is 5.97 Å². The highest BCUT2D eigenvalue weighted by Gasteiger charge is 2.24. The van der Waals surface area contributed by atoms with Crippen molar-refractivity contribution in [2.75, 3.05) is 30.0 Å². The van der Waals surface area contributed by atoms with Crippen LogP contribution in [0, 0.1) is 6.92 Å². The third-order valence-corrected chi connectivity index (χ3v) is 7.40. The van der Waals surface area contributed by atoms with E-state index in [1.54, 1.807) is 11.3 Å². The molecule has 0 bridgehead atoms. The summed E-state index contributed by atoms with van der Waals surface area (Å²) in [5, 5.41) is 14.1. The molecule has 1 aliphatic heterocycles. The Morgan fingerprint density at radius 2 is 2.03 bits per heavy atom. The molecule has 2 aromatic carbocycles. The van der Waals surface area contributed by atoms with Crippen molar-refractivity contribution in [2.45, 2.75) is 58.4 Å². The van der Waals surface area contributed by atoms with Crippen LogP contribution in [0.25, 0.3) is 10.2 Å². The van der Waals surface area contributed by atoms with E-state index in [4.69, 9.17) is 4.74 Å². The van der Waals surface area contributed by atoms with Crippen molar-refractivity contribution in [2.24, 2.45) is 0 Å². The third kappa shape index (κ3) is 5.47. The maximum atomic E-state index is 11.4. The van der Waals surface area contributed by atoms with Gasteiger partial charge in [0.1, 0.15) is 0 Å². The lowest BCUT2D eigenvalue weighted by Crippen LogP contribution is -2.39. The number of hydrogen-bond donors (Lipinski definition) is 2. The molecular weight excluding hydrogens is 434 g/mol. The van der Waals surface area contributed by atoms with Crippen LogP contribution in [-0.2, 0) is 9.53 Å². The number of benzene rings is 2. The monoisotopic (exact) mass is 467 g/mol. The van der Waals surface area contributed by atoms with Crippen molar-refractivity contribution in [1.82, 2.24) is 4.98 Å². The molecule has 2 heterocycles. The van der Waals surface area contributed by atoms with Gasteiger partial charge in [0.05, 0.1) is 33.0 Å². The largest absolute Gasteiger partial charge is 0.481 e. The molecule has 0 unspecified atom stereocenters. The molecular formula is C26H33N3O3S. The zero-order valence-electron chi connectivity index (χ0n) is 19.6. The molecule has 1 fully saturated rings. The molecule has 33 heavy (non-hydrogen) atoms. The first kappa shape index (κ1) is 23.5. The Morgan fingerprint density at radius 3 is 2.73 bits per heavy atom. The van der Waals surface area contributed by atoms with Gasteiger partial charge in [0.15, 0.2) is 0 Å². The Hall–Kier alpha value is -2.64. The lowest BCUT2D eigenvalue weighted by molar-refractivity contribution is -0.137. The molecule has 0 aliphatic carbocycles. The third-order valence-electron chi connectivity index (χ3n) is 6.46. The molecule has 1 aromatic heterocycles. The topological polar surface area (TPSA) is 74.7 Å². The maximum Gasteiger partial charge on any atom is 0.303 e. The van der Waals surface area contributed by atoms with Gasteiger partial charge in [-0.15, -0.1) is 11.3 Å². The summed E-state index contributed by atoms with van der Waals surface area (Å²) < 4.78 is 6.76. The number of carboxylic acid groups (broad SMARTS) is 1. The number of aryl methyl sites for hydroxylation is 1. The molecule has 1 saturated heterocycles. The van der Waals surface area contributed by atoms with Crippen LogP contribution in [0.2, 0.25) is 0 Å². The smallest absolute Gasteiger partial charge is 0.303 e. The summed E-state index contributed by atoms with van der Waals surface area (Å²) in [6.45, 7) is 8.76. The van der Waals surface area contributed by atoms with E-state index in [-0.39, 0.29) is 12.3 Å². The number of carboxylic acids is 1. The number of fused-ring (bicyclic) bond motifs is 1. The highest BCUT2D eigenvalue weighted by molar-refractivity contribution is 7.18. The summed E-state index contributed by atoms with van der Waals surface area (Å²) in [7, 11) is 0. The normalized spacial score (nSPS) is 15.5. The Kier molecular flexibility index (Phi) is 7.50. The summed E-state index contributed by atoms with van der Waals surface area (Å²) in [5.74, 6) is -0.772. The quantitative estimate of drug-likeness (QED) is 0.383. The van der Waals surface area contributed by atoms with E-state index in [0.29, 0.717) is 6.04 Å². The molecule has 176 valence electrons. The van der Waals surface area contributed by atoms with Gasteiger partial charge in [-0.1, -0.05) is 13.0 Å². The van der Waals surface area contributed by atoms with Gasteiger partial charge < -0.3 is 20.1 Å². The summed E-state index contributed by atoms with van der Waals surface area (Å²) in [6.07, 6.45) is 2.95. The van der Waals surface area contributed by atoms with Crippen LogP contribution in [0.1, 0.15) is 56.0 Å². The second-order valence-corrected chi connectivity index (χ2v) is 9.88. The summed E-state index contributed by atoms with van der Waals surface area (Å²) in [4.78, 5) is 18.5. The molecule has 6 nitrogen and oxygen atoms in total. The van der Waals surface area contributed by atoms with E-state index in [9.17, 15) is 9.90 Å². The number of nitrogens with one attached hydrogen (secondary N) is 1. The number of carbonyl (C=O) groups is 1. The number of nitrogens with zero attached hydrogens (tertiary/aromatic N) is 2. The minimum atomic E-state index is -0.760. The van der Waals surface area contributed by atoms with Gasteiger partial charge in [-0.3, -0.25) is 4.79 Å². The Morgan fingerprint density at radius 1 is 1.24 bits per heavy atom. The molecule has 1 atom stereocenters. The SMILES string of the molecule is CC[C@@H](CC(=O)O)c1ccc(N(CC)C2CCOCC2)c(Nc2ccc3nc(C)sc3c2)c1. The fourth-order valence-corrected chi connectivity index (χ4v) is 5.63. The predicted molar refractivity (Wildman–Crippen MR) is 136 cm³/mol. The standard InChI is InChI=1S/C26H33N3O3S/c1-4-18(15-26(30)31)19-6-9-24(29(5-2)21-10-12-32-13-11-21)23(14-19)28-20-7-8-22-25(16-20)33-17(3)27-22/h6-9,14,16,18,21,28H,4-5,10-13,15H2,1-3H3,(H,30,31)/t18-/m0/s1. The predicted octanol–water partition coefficient (Wildman–Crippen LogP) is 6.32. The number of anilines is 3. The van der Waals surface area contributed by atoms with Crippen molar-refractivity contribution in [1.29, 1.82) is 0 Å². The molecule has 0 saturated carbocycles. The van der Waals surface area contributed by atoms with E-state index in [0.717, 1.165) is 76.9 Å². The molecule has 3 aromatic rings. The Labute approximate surface area is 199 Å². The van der Waals surface area contributed by atoms with E-state index >= 15 is 0 Å². The van der Waals surface area contributed by atoms with Gasteiger partial charge in [0.2, 0.25) is 0 Å². The summed E-state index contributed by atoms with van der Waals surface area (Å²) in [6, 6.07) is 13.1. The fourth-order valence-electron chi connectivity index (χ4n) is 4.76. The van der Waals surface area contributed by atoms with Crippen LogP contribution in [0.3, 0.4) is 0 Å². The van der Waals surface area contributed by atoms with Gasteiger partial charge >= 0.3 is 5.97 Å². The lowest BCUT2D eigenvalue weighted by atomic mass is 9.92. The van der Waals surface area contributed by atoms with Crippen LogP contribution >= 0.6 is 11.3 Å². The van der Waals surface area contributed by atoms with Crippen LogP contribution in [0.15, 0.2) is 36.4 Å². The van der Waals surface area contributed by atoms with Gasteiger partial charge in [-0.05, 0) is 74.9 Å². The molecule has 0 radical (unpaired) electrons. The minimum absolute atomic E-state index is 0.0121. The number of thiazole rings is 1. The number of aromatic nitrogens is 1.